The van der Waals surface area contributed by atoms with Gasteiger partial charge >= 0.3 is 0 Å². The molecular weight excluding hydrogens is 474 g/mol. The van der Waals surface area contributed by atoms with Gasteiger partial charge in [0.05, 0.1) is 31.2 Å². The maximum atomic E-state index is 10.9. The van der Waals surface area contributed by atoms with E-state index in [1.807, 2.05) is 20.8 Å². The number of hydrogen-bond donors (Lipinski definition) is 1. The highest BCUT2D eigenvalue weighted by molar-refractivity contribution is 5.39. The van der Waals surface area contributed by atoms with E-state index in [-0.39, 0.29) is 12.2 Å². The standard InChI is InChI=1S/C33H55NO4/c1-10-13-17-31(25(6)27(11-2)23-37-24(4)5)38-29-18-20-34(21-19-29)26(7)28-15-14-16-30(32(22-28)36-9)33(8,35)12-3/h10,13,17,22,24-25,27,29,35H,7,11-12,14-16,18-21,23H2,1-6,8-9H3/b13-10-,31-17+. The summed E-state index contributed by atoms with van der Waals surface area (Å²) in [5.74, 6) is 2.59. The topological polar surface area (TPSA) is 51.2 Å². The van der Waals surface area contributed by atoms with E-state index in [0.717, 1.165) is 81.0 Å². The Kier molecular flexibility index (Phi) is 13.2. The summed E-state index contributed by atoms with van der Waals surface area (Å²) in [6, 6.07) is 0. The minimum absolute atomic E-state index is 0.199. The van der Waals surface area contributed by atoms with Crippen molar-refractivity contribution in [2.45, 2.75) is 111 Å². The number of likely N-dealkylation sites (tertiary alicyclic amines) is 1. The molecule has 38 heavy (non-hydrogen) atoms. The van der Waals surface area contributed by atoms with Gasteiger partial charge in [-0.25, -0.2) is 0 Å². The first-order valence-corrected chi connectivity index (χ1v) is 14.8. The fraction of sp³-hybridized carbons (Fsp3) is 0.697. The lowest BCUT2D eigenvalue weighted by Crippen LogP contribution is -2.37. The number of piperidine rings is 1. The molecule has 0 spiro atoms. The number of aliphatic hydroxyl groups is 1. The Hall–Kier alpha value is -1.98. The number of nitrogens with zero attached hydrogens (tertiary/aromatic N) is 1. The van der Waals surface area contributed by atoms with Crippen molar-refractivity contribution in [2.75, 3.05) is 26.8 Å². The Labute approximate surface area is 233 Å². The molecule has 0 aromatic rings. The van der Waals surface area contributed by atoms with Crippen LogP contribution in [0.3, 0.4) is 0 Å². The molecule has 2 aliphatic rings. The van der Waals surface area contributed by atoms with Gasteiger partial charge in [-0.2, -0.15) is 0 Å². The molecule has 0 aromatic carbocycles. The van der Waals surface area contributed by atoms with Gasteiger partial charge in [0.1, 0.15) is 11.9 Å². The first kappa shape index (κ1) is 32.2. The largest absolute Gasteiger partial charge is 0.497 e. The normalized spacial score (nSPS) is 21.3. The third-order valence-corrected chi connectivity index (χ3v) is 8.31. The van der Waals surface area contributed by atoms with E-state index < -0.39 is 5.60 Å². The summed E-state index contributed by atoms with van der Waals surface area (Å²) in [6.07, 6.45) is 15.3. The molecule has 0 radical (unpaired) electrons. The number of rotatable bonds is 14. The van der Waals surface area contributed by atoms with Gasteiger partial charge in [0.25, 0.3) is 0 Å². The Bertz CT molecular complexity index is 871. The van der Waals surface area contributed by atoms with Gasteiger partial charge in [-0.15, -0.1) is 0 Å². The number of allylic oxidation sites excluding steroid dienone is 6. The lowest BCUT2D eigenvalue weighted by Gasteiger charge is -2.37. The highest BCUT2D eigenvalue weighted by Crippen LogP contribution is 2.36. The minimum Gasteiger partial charge on any atom is -0.497 e. The van der Waals surface area contributed by atoms with Gasteiger partial charge in [-0.3, -0.25) is 0 Å². The second-order valence-electron chi connectivity index (χ2n) is 11.4. The fourth-order valence-corrected chi connectivity index (χ4v) is 5.35. The van der Waals surface area contributed by atoms with Gasteiger partial charge < -0.3 is 24.2 Å². The second kappa shape index (κ2) is 15.6. The van der Waals surface area contributed by atoms with E-state index in [9.17, 15) is 5.11 Å². The molecule has 216 valence electrons. The second-order valence-corrected chi connectivity index (χ2v) is 11.4. The molecule has 2 rings (SSSR count). The van der Waals surface area contributed by atoms with Crippen molar-refractivity contribution < 1.29 is 19.3 Å². The highest BCUT2D eigenvalue weighted by atomic mass is 16.5. The van der Waals surface area contributed by atoms with Crippen LogP contribution >= 0.6 is 0 Å². The van der Waals surface area contributed by atoms with Gasteiger partial charge in [0.2, 0.25) is 0 Å². The summed E-state index contributed by atoms with van der Waals surface area (Å²) >= 11 is 0. The first-order chi connectivity index (χ1) is 18.1. The molecule has 0 amide bonds. The van der Waals surface area contributed by atoms with Crippen LogP contribution in [-0.4, -0.2) is 54.6 Å². The van der Waals surface area contributed by atoms with Gasteiger partial charge in [0.15, 0.2) is 0 Å². The van der Waals surface area contributed by atoms with Crippen molar-refractivity contribution in [3.05, 3.63) is 59.2 Å². The maximum Gasteiger partial charge on any atom is 0.121 e. The zero-order valence-corrected chi connectivity index (χ0v) is 25.5. The molecule has 3 atom stereocenters. The number of hydrogen-bond acceptors (Lipinski definition) is 5. The van der Waals surface area contributed by atoms with E-state index in [1.165, 1.54) is 5.57 Å². The van der Waals surface area contributed by atoms with Crippen LogP contribution in [0.4, 0.5) is 0 Å². The van der Waals surface area contributed by atoms with Crippen molar-refractivity contribution in [3.63, 3.8) is 0 Å². The smallest absolute Gasteiger partial charge is 0.121 e. The van der Waals surface area contributed by atoms with Crippen LogP contribution in [0.1, 0.15) is 93.4 Å². The molecule has 1 heterocycles. The lowest BCUT2D eigenvalue weighted by atomic mass is 9.89. The van der Waals surface area contributed by atoms with Gasteiger partial charge in [-0.1, -0.05) is 45.9 Å². The summed E-state index contributed by atoms with van der Waals surface area (Å²) in [7, 11) is 1.70. The van der Waals surface area contributed by atoms with Crippen molar-refractivity contribution in [3.8, 4) is 0 Å². The molecule has 0 bridgehead atoms. The molecule has 5 nitrogen and oxygen atoms in total. The Morgan fingerprint density at radius 1 is 1.21 bits per heavy atom. The van der Waals surface area contributed by atoms with Crippen molar-refractivity contribution in [1.82, 2.24) is 4.90 Å². The Morgan fingerprint density at radius 3 is 2.45 bits per heavy atom. The van der Waals surface area contributed by atoms with E-state index in [1.54, 1.807) is 7.11 Å². The number of methoxy groups -OCH3 is 1. The first-order valence-electron chi connectivity index (χ1n) is 14.8. The molecule has 1 aliphatic carbocycles. The number of ether oxygens (including phenoxy) is 3. The van der Waals surface area contributed by atoms with Crippen LogP contribution < -0.4 is 0 Å². The monoisotopic (exact) mass is 529 g/mol. The summed E-state index contributed by atoms with van der Waals surface area (Å²) in [5, 5.41) is 10.9. The molecule has 1 fully saturated rings. The van der Waals surface area contributed by atoms with Crippen LogP contribution in [0, 0.1) is 11.8 Å². The van der Waals surface area contributed by atoms with Gasteiger partial charge in [0, 0.05) is 43.1 Å². The van der Waals surface area contributed by atoms with Crippen molar-refractivity contribution >= 4 is 0 Å². The average Bonchev–Trinajstić information content (AvgIpc) is 3.14. The van der Waals surface area contributed by atoms with E-state index in [2.05, 4.69) is 63.5 Å². The maximum absolute atomic E-state index is 10.9. The predicted molar refractivity (Wildman–Crippen MR) is 159 cm³/mol. The van der Waals surface area contributed by atoms with E-state index in [4.69, 9.17) is 14.2 Å². The minimum atomic E-state index is -0.846. The zero-order valence-electron chi connectivity index (χ0n) is 25.5. The molecular formula is C33H55NO4. The quantitative estimate of drug-likeness (QED) is 0.185. The van der Waals surface area contributed by atoms with Crippen LogP contribution in [-0.2, 0) is 14.2 Å². The van der Waals surface area contributed by atoms with E-state index >= 15 is 0 Å². The van der Waals surface area contributed by atoms with Crippen LogP contribution in [0.25, 0.3) is 0 Å². The summed E-state index contributed by atoms with van der Waals surface area (Å²) in [6.45, 7) is 21.7. The Morgan fingerprint density at radius 2 is 1.89 bits per heavy atom. The third-order valence-electron chi connectivity index (χ3n) is 8.31. The highest BCUT2D eigenvalue weighted by Gasteiger charge is 2.30. The predicted octanol–water partition coefficient (Wildman–Crippen LogP) is 7.70. The SMILES string of the molecule is C=C(C1=CC(OC)=C(C(C)(O)CC)CCC1)N1CCC(O/C(=C/C=C\C)C(C)C(CC)COC(C)C)CC1. The van der Waals surface area contributed by atoms with Crippen molar-refractivity contribution in [1.29, 1.82) is 0 Å². The molecule has 3 unspecified atom stereocenters. The summed E-state index contributed by atoms with van der Waals surface area (Å²) < 4.78 is 18.4. The summed E-state index contributed by atoms with van der Waals surface area (Å²) in [4.78, 5) is 2.39. The molecule has 1 saturated heterocycles. The van der Waals surface area contributed by atoms with Crippen molar-refractivity contribution in [2.24, 2.45) is 11.8 Å². The molecule has 1 aliphatic heterocycles. The third kappa shape index (κ3) is 9.05. The summed E-state index contributed by atoms with van der Waals surface area (Å²) in [5.41, 5.74) is 2.43. The zero-order chi connectivity index (χ0) is 28.3. The lowest BCUT2D eigenvalue weighted by molar-refractivity contribution is 0.0105. The van der Waals surface area contributed by atoms with Gasteiger partial charge in [-0.05, 0) is 77.0 Å². The van der Waals surface area contributed by atoms with Crippen LogP contribution in [0.15, 0.2) is 59.2 Å². The van der Waals surface area contributed by atoms with E-state index in [0.29, 0.717) is 18.3 Å². The molecule has 0 aromatic heterocycles. The molecule has 0 saturated carbocycles. The van der Waals surface area contributed by atoms with Crippen LogP contribution in [0.2, 0.25) is 0 Å². The molecule has 5 heteroatoms. The van der Waals surface area contributed by atoms with Crippen LogP contribution in [0.5, 0.6) is 0 Å². The average molecular weight is 530 g/mol. The fourth-order valence-electron chi connectivity index (χ4n) is 5.35. The Balaban J connectivity index is 2.07. The molecule has 1 N–H and O–H groups in total.